The number of aryl methyl sites for hydroxylation is 3. The zero-order valence-corrected chi connectivity index (χ0v) is 19.9. The van der Waals surface area contributed by atoms with Gasteiger partial charge in [0.25, 0.3) is 5.91 Å². The maximum atomic E-state index is 13.2. The van der Waals surface area contributed by atoms with E-state index in [0.29, 0.717) is 30.3 Å². The van der Waals surface area contributed by atoms with E-state index in [2.05, 4.69) is 5.32 Å². The van der Waals surface area contributed by atoms with Crippen LogP contribution in [0.1, 0.15) is 48.9 Å². The molecule has 2 aromatic rings. The molecular formula is C25H33ClN2O3. The molecule has 31 heavy (non-hydrogen) atoms. The summed E-state index contributed by atoms with van der Waals surface area (Å²) in [5, 5.41) is 3.61. The van der Waals surface area contributed by atoms with Crippen molar-refractivity contribution in [2.75, 3.05) is 13.2 Å². The van der Waals surface area contributed by atoms with E-state index in [1.54, 1.807) is 4.90 Å². The van der Waals surface area contributed by atoms with Crippen LogP contribution in [0.4, 0.5) is 0 Å². The lowest BCUT2D eigenvalue weighted by Gasteiger charge is -2.30. The minimum Gasteiger partial charge on any atom is -0.484 e. The van der Waals surface area contributed by atoms with Crippen LogP contribution in [-0.2, 0) is 16.1 Å². The highest BCUT2D eigenvalue weighted by Gasteiger charge is 2.28. The molecule has 1 N–H and O–H groups in total. The molecule has 0 bridgehead atoms. The quantitative estimate of drug-likeness (QED) is 0.562. The molecule has 6 heteroatoms. The Hall–Kier alpha value is -2.53. The van der Waals surface area contributed by atoms with Gasteiger partial charge < -0.3 is 15.0 Å². The molecule has 0 radical (unpaired) electrons. The Labute approximate surface area is 190 Å². The van der Waals surface area contributed by atoms with Gasteiger partial charge in [0.2, 0.25) is 5.91 Å². The number of hydrogen-bond donors (Lipinski definition) is 1. The smallest absolute Gasteiger partial charge is 0.261 e. The van der Waals surface area contributed by atoms with E-state index in [9.17, 15) is 9.59 Å². The zero-order valence-electron chi connectivity index (χ0n) is 19.1. The molecule has 0 saturated heterocycles. The monoisotopic (exact) mass is 444 g/mol. The maximum Gasteiger partial charge on any atom is 0.261 e. The Kier molecular flexibility index (Phi) is 9.38. The molecule has 0 aliphatic heterocycles. The third-order valence-corrected chi connectivity index (χ3v) is 5.78. The molecular weight excluding hydrogens is 412 g/mol. The molecule has 0 aromatic heterocycles. The van der Waals surface area contributed by atoms with Gasteiger partial charge >= 0.3 is 0 Å². The van der Waals surface area contributed by atoms with Crippen molar-refractivity contribution >= 4 is 23.4 Å². The van der Waals surface area contributed by atoms with Gasteiger partial charge in [-0.05, 0) is 62.4 Å². The fraction of sp³-hybridized carbons (Fsp3) is 0.440. The molecule has 5 nitrogen and oxygen atoms in total. The molecule has 0 heterocycles. The molecule has 0 aliphatic rings. The van der Waals surface area contributed by atoms with Crippen molar-refractivity contribution in [3.05, 3.63) is 63.7 Å². The number of rotatable bonds is 10. The Morgan fingerprint density at radius 3 is 2.23 bits per heavy atom. The van der Waals surface area contributed by atoms with Gasteiger partial charge in [0.15, 0.2) is 6.61 Å². The highest BCUT2D eigenvalue weighted by molar-refractivity contribution is 6.32. The SMILES string of the molecule is CCCNC(=O)[C@H](CC)N(Cc1ccc(C)cc1)C(=O)COc1cc(C)c(Cl)c(C)c1. The number of hydrogen-bond acceptors (Lipinski definition) is 3. The lowest BCUT2D eigenvalue weighted by atomic mass is 10.1. The summed E-state index contributed by atoms with van der Waals surface area (Å²) in [7, 11) is 0. The number of ether oxygens (including phenoxy) is 1. The van der Waals surface area contributed by atoms with Gasteiger partial charge in [-0.3, -0.25) is 9.59 Å². The van der Waals surface area contributed by atoms with Gasteiger partial charge in [0, 0.05) is 18.1 Å². The normalized spacial score (nSPS) is 11.7. The van der Waals surface area contributed by atoms with Crippen LogP contribution in [0.2, 0.25) is 5.02 Å². The summed E-state index contributed by atoms with van der Waals surface area (Å²) < 4.78 is 5.80. The van der Waals surface area contributed by atoms with Crippen molar-refractivity contribution in [1.82, 2.24) is 10.2 Å². The lowest BCUT2D eigenvalue weighted by Crippen LogP contribution is -2.50. The van der Waals surface area contributed by atoms with Gasteiger partial charge in [-0.15, -0.1) is 0 Å². The van der Waals surface area contributed by atoms with Crippen molar-refractivity contribution < 1.29 is 14.3 Å². The topological polar surface area (TPSA) is 58.6 Å². The average molecular weight is 445 g/mol. The van der Waals surface area contributed by atoms with Crippen LogP contribution in [0.25, 0.3) is 0 Å². The van der Waals surface area contributed by atoms with Crippen LogP contribution < -0.4 is 10.1 Å². The van der Waals surface area contributed by atoms with Crippen LogP contribution in [0, 0.1) is 20.8 Å². The van der Waals surface area contributed by atoms with Crippen molar-refractivity contribution in [3.8, 4) is 5.75 Å². The van der Waals surface area contributed by atoms with E-state index in [0.717, 1.165) is 28.7 Å². The van der Waals surface area contributed by atoms with E-state index in [-0.39, 0.29) is 18.4 Å². The molecule has 0 spiro atoms. The summed E-state index contributed by atoms with van der Waals surface area (Å²) in [4.78, 5) is 27.6. The van der Waals surface area contributed by atoms with E-state index in [1.807, 2.05) is 71.0 Å². The highest BCUT2D eigenvalue weighted by atomic mass is 35.5. The standard InChI is InChI=1S/C25H33ClN2O3/c1-6-12-27-25(30)22(7-2)28(15-20-10-8-17(3)9-11-20)23(29)16-31-21-13-18(4)24(26)19(5)14-21/h8-11,13-14,22H,6-7,12,15-16H2,1-5H3,(H,27,30)/t22-/m0/s1. The second-order valence-corrected chi connectivity index (χ2v) is 8.26. The molecule has 2 rings (SSSR count). The van der Waals surface area contributed by atoms with Crippen LogP contribution in [0.3, 0.4) is 0 Å². The summed E-state index contributed by atoms with van der Waals surface area (Å²) in [6.45, 7) is 10.5. The van der Waals surface area contributed by atoms with Gasteiger partial charge in [-0.25, -0.2) is 0 Å². The van der Waals surface area contributed by atoms with Gasteiger partial charge in [-0.1, -0.05) is 55.3 Å². The van der Waals surface area contributed by atoms with Gasteiger partial charge in [-0.2, -0.15) is 0 Å². The third-order valence-electron chi connectivity index (χ3n) is 5.18. The largest absolute Gasteiger partial charge is 0.484 e. The van der Waals surface area contributed by atoms with E-state index in [4.69, 9.17) is 16.3 Å². The molecule has 0 fully saturated rings. The summed E-state index contributed by atoms with van der Waals surface area (Å²) >= 11 is 6.23. The number of benzene rings is 2. The Bertz CT molecular complexity index is 873. The van der Waals surface area contributed by atoms with Gasteiger partial charge in [0.1, 0.15) is 11.8 Å². The van der Waals surface area contributed by atoms with E-state index < -0.39 is 6.04 Å². The van der Waals surface area contributed by atoms with Crippen molar-refractivity contribution in [2.45, 2.75) is 60.0 Å². The summed E-state index contributed by atoms with van der Waals surface area (Å²) in [5.41, 5.74) is 3.90. The van der Waals surface area contributed by atoms with Crippen LogP contribution in [-0.4, -0.2) is 35.9 Å². The van der Waals surface area contributed by atoms with Crippen molar-refractivity contribution in [2.24, 2.45) is 0 Å². The Morgan fingerprint density at radius 2 is 1.68 bits per heavy atom. The van der Waals surface area contributed by atoms with Crippen LogP contribution in [0.5, 0.6) is 5.75 Å². The Balaban J connectivity index is 2.21. The Morgan fingerprint density at radius 1 is 1.06 bits per heavy atom. The van der Waals surface area contributed by atoms with Crippen LogP contribution in [0.15, 0.2) is 36.4 Å². The summed E-state index contributed by atoms with van der Waals surface area (Å²) in [6, 6.07) is 11.1. The van der Waals surface area contributed by atoms with Crippen molar-refractivity contribution in [3.63, 3.8) is 0 Å². The number of nitrogens with zero attached hydrogens (tertiary/aromatic N) is 1. The molecule has 1 atom stereocenters. The average Bonchev–Trinajstić information content (AvgIpc) is 2.75. The second-order valence-electron chi connectivity index (χ2n) is 7.88. The molecule has 0 aliphatic carbocycles. The molecule has 0 saturated carbocycles. The van der Waals surface area contributed by atoms with E-state index >= 15 is 0 Å². The third kappa shape index (κ3) is 7.00. The molecule has 2 aromatic carbocycles. The lowest BCUT2D eigenvalue weighted by molar-refractivity contribution is -0.143. The summed E-state index contributed by atoms with van der Waals surface area (Å²) in [5.74, 6) is 0.221. The van der Waals surface area contributed by atoms with Crippen LogP contribution >= 0.6 is 11.6 Å². The van der Waals surface area contributed by atoms with E-state index in [1.165, 1.54) is 0 Å². The van der Waals surface area contributed by atoms with Gasteiger partial charge in [0.05, 0.1) is 0 Å². The summed E-state index contributed by atoms with van der Waals surface area (Å²) in [6.07, 6.45) is 1.36. The minimum absolute atomic E-state index is 0.136. The van der Waals surface area contributed by atoms with Crippen molar-refractivity contribution in [1.29, 1.82) is 0 Å². The molecule has 2 amide bonds. The number of nitrogens with one attached hydrogen (secondary N) is 1. The predicted molar refractivity (Wildman–Crippen MR) is 126 cm³/mol. The minimum atomic E-state index is -0.558. The number of amides is 2. The predicted octanol–water partition coefficient (Wildman–Crippen LogP) is 4.98. The fourth-order valence-electron chi connectivity index (χ4n) is 3.39. The fourth-order valence-corrected chi connectivity index (χ4v) is 3.50. The highest BCUT2D eigenvalue weighted by Crippen LogP contribution is 2.26. The zero-order chi connectivity index (χ0) is 23.0. The number of carbonyl (C=O) groups excluding carboxylic acids is 2. The molecule has 168 valence electrons. The number of halogens is 1. The first-order chi connectivity index (χ1) is 14.8. The molecule has 0 unspecified atom stereocenters. The first-order valence-electron chi connectivity index (χ1n) is 10.8. The second kappa shape index (κ2) is 11.8. The first-order valence-corrected chi connectivity index (χ1v) is 11.2. The number of carbonyl (C=O) groups is 2. The first kappa shape index (κ1) is 24.7. The maximum absolute atomic E-state index is 13.2.